The van der Waals surface area contributed by atoms with Crippen molar-refractivity contribution < 1.29 is 14.6 Å². The number of hydrogen-bond donors (Lipinski definition) is 2. The van der Waals surface area contributed by atoms with Crippen LogP contribution in [0.25, 0.3) is 10.9 Å². The average molecular weight is 391 g/mol. The van der Waals surface area contributed by atoms with Gasteiger partial charge in [-0.25, -0.2) is 4.79 Å². The summed E-state index contributed by atoms with van der Waals surface area (Å²) < 4.78 is 7.09. The van der Waals surface area contributed by atoms with Crippen LogP contribution >= 0.6 is 11.6 Å². The van der Waals surface area contributed by atoms with Crippen molar-refractivity contribution in [1.82, 2.24) is 20.0 Å². The van der Waals surface area contributed by atoms with E-state index in [-0.39, 0.29) is 18.0 Å². The van der Waals surface area contributed by atoms with E-state index in [4.69, 9.17) is 16.3 Å². The predicted molar refractivity (Wildman–Crippen MR) is 101 cm³/mol. The van der Waals surface area contributed by atoms with Gasteiger partial charge in [0.1, 0.15) is 6.10 Å². The molecule has 1 aromatic carbocycles. The van der Waals surface area contributed by atoms with E-state index in [1.807, 2.05) is 27.9 Å². The first-order chi connectivity index (χ1) is 13.0. The van der Waals surface area contributed by atoms with Crippen molar-refractivity contribution in [1.29, 1.82) is 0 Å². The lowest BCUT2D eigenvalue weighted by atomic mass is 9.75. The topological polar surface area (TPSA) is 79.6 Å². The maximum atomic E-state index is 12.4. The number of hydrogen-bond acceptors (Lipinski definition) is 4. The van der Waals surface area contributed by atoms with Crippen LogP contribution in [0.4, 0.5) is 4.79 Å². The molecule has 2 fully saturated rings. The van der Waals surface area contributed by atoms with Crippen LogP contribution in [0.3, 0.4) is 0 Å². The first kappa shape index (κ1) is 17.3. The summed E-state index contributed by atoms with van der Waals surface area (Å²) in [6.45, 7) is 4.62. The molecule has 0 aliphatic carbocycles. The highest BCUT2D eigenvalue weighted by Gasteiger charge is 2.50. The Morgan fingerprint density at radius 3 is 2.78 bits per heavy atom. The second-order valence-electron chi connectivity index (χ2n) is 8.06. The zero-order chi connectivity index (χ0) is 18.8. The van der Waals surface area contributed by atoms with Gasteiger partial charge in [0.05, 0.1) is 36.5 Å². The third-order valence-electron chi connectivity index (χ3n) is 6.54. The van der Waals surface area contributed by atoms with Gasteiger partial charge >= 0.3 is 6.03 Å². The van der Waals surface area contributed by atoms with E-state index in [9.17, 15) is 9.90 Å². The number of likely N-dealkylation sites (tertiary alicyclic amines) is 1. The molecular formula is C19H23ClN4O3. The molecule has 144 valence electrons. The summed E-state index contributed by atoms with van der Waals surface area (Å²) >= 11 is 6.23. The minimum absolute atomic E-state index is 0.0181. The quantitative estimate of drug-likeness (QED) is 0.824. The highest BCUT2D eigenvalue weighted by molar-refractivity contribution is 6.31. The van der Waals surface area contributed by atoms with Crippen LogP contribution < -0.4 is 5.32 Å². The highest BCUT2D eigenvalue weighted by atomic mass is 35.5. The number of amides is 2. The van der Waals surface area contributed by atoms with Gasteiger partial charge in [-0.1, -0.05) is 11.6 Å². The van der Waals surface area contributed by atoms with Gasteiger partial charge < -0.3 is 20.1 Å². The molecule has 8 heteroatoms. The Balaban J connectivity index is 1.35. The second-order valence-corrected chi connectivity index (χ2v) is 8.50. The number of aromatic nitrogens is 2. The Morgan fingerprint density at radius 2 is 2.11 bits per heavy atom. The third kappa shape index (κ3) is 2.48. The first-order valence-electron chi connectivity index (χ1n) is 9.47. The van der Waals surface area contributed by atoms with Crippen molar-refractivity contribution in [3.63, 3.8) is 0 Å². The second kappa shape index (κ2) is 6.09. The zero-order valence-electron chi connectivity index (χ0n) is 15.2. The van der Waals surface area contributed by atoms with Crippen LogP contribution in [0.5, 0.6) is 0 Å². The van der Waals surface area contributed by atoms with Gasteiger partial charge in [-0.3, -0.25) is 4.68 Å². The third-order valence-corrected chi connectivity index (χ3v) is 6.75. The van der Waals surface area contributed by atoms with E-state index < -0.39 is 11.6 Å². The van der Waals surface area contributed by atoms with Crippen molar-refractivity contribution in [2.24, 2.45) is 5.92 Å². The van der Waals surface area contributed by atoms with E-state index in [0.717, 1.165) is 29.3 Å². The fourth-order valence-electron chi connectivity index (χ4n) is 4.82. The van der Waals surface area contributed by atoms with Gasteiger partial charge in [0.25, 0.3) is 0 Å². The van der Waals surface area contributed by atoms with Crippen LogP contribution in [0.2, 0.25) is 5.02 Å². The molecule has 2 atom stereocenters. The summed E-state index contributed by atoms with van der Waals surface area (Å²) in [7, 11) is 0. The van der Waals surface area contributed by atoms with Crippen molar-refractivity contribution in [2.75, 3.05) is 26.3 Å². The number of nitrogens with one attached hydrogen (secondary N) is 1. The average Bonchev–Trinajstić information content (AvgIpc) is 3.15. The van der Waals surface area contributed by atoms with Crippen LogP contribution in [-0.4, -0.2) is 58.2 Å². The monoisotopic (exact) mass is 390 g/mol. The number of nitrogens with zero attached hydrogens (tertiary/aromatic N) is 3. The van der Waals surface area contributed by atoms with Crippen LogP contribution in [0, 0.1) is 5.92 Å². The molecule has 7 nitrogen and oxygen atoms in total. The molecule has 2 amide bonds. The lowest BCUT2D eigenvalue weighted by molar-refractivity contribution is -0.0158. The number of rotatable bonds is 2. The van der Waals surface area contributed by atoms with Crippen molar-refractivity contribution in [3.8, 4) is 0 Å². The number of urea groups is 1. The number of benzene rings is 1. The maximum absolute atomic E-state index is 12.4. The molecule has 27 heavy (non-hydrogen) atoms. The smallest absolute Gasteiger partial charge is 0.317 e. The molecule has 0 saturated carbocycles. The SMILES string of the molecule is CC1(C2CCN(C(=O)NC3COC3)CC2)[C@H](O)c2cc(Cl)cc3cnn1c23. The van der Waals surface area contributed by atoms with Gasteiger partial charge in [-0.15, -0.1) is 0 Å². The predicted octanol–water partition coefficient (Wildman–Crippen LogP) is 2.27. The normalized spacial score (nSPS) is 28.6. The molecule has 1 aromatic heterocycles. The number of aliphatic hydroxyl groups excluding tert-OH is 1. The Kier molecular flexibility index (Phi) is 3.90. The van der Waals surface area contributed by atoms with Crippen molar-refractivity contribution >= 4 is 28.5 Å². The molecule has 5 rings (SSSR count). The van der Waals surface area contributed by atoms with E-state index in [2.05, 4.69) is 17.3 Å². The van der Waals surface area contributed by atoms with Gasteiger partial charge in [-0.2, -0.15) is 5.10 Å². The van der Waals surface area contributed by atoms with Gasteiger partial charge in [-0.05, 0) is 37.8 Å². The number of halogens is 1. The molecule has 1 unspecified atom stereocenters. The van der Waals surface area contributed by atoms with Crippen LogP contribution in [-0.2, 0) is 10.3 Å². The summed E-state index contributed by atoms with van der Waals surface area (Å²) in [5.74, 6) is 0.220. The summed E-state index contributed by atoms with van der Waals surface area (Å²) in [5, 5.41) is 20.3. The number of aliphatic hydroxyl groups is 1. The Morgan fingerprint density at radius 1 is 1.37 bits per heavy atom. The van der Waals surface area contributed by atoms with Gasteiger partial charge in [0.15, 0.2) is 0 Å². The molecule has 4 heterocycles. The standard InChI is InChI=1S/C19H23ClN4O3/c1-19(12-2-4-23(5-3-12)18(26)22-14-9-27-10-14)17(25)15-7-13(20)6-11-8-21-24(19)16(11)15/h6-8,12,14,17,25H,2-5,9-10H2,1H3,(H,22,26)/t17-,19?/m1/s1. The van der Waals surface area contributed by atoms with Crippen molar-refractivity contribution in [2.45, 2.75) is 37.5 Å². The zero-order valence-corrected chi connectivity index (χ0v) is 15.9. The minimum Gasteiger partial charge on any atom is -0.386 e. The first-order valence-corrected chi connectivity index (χ1v) is 9.85. The molecule has 2 saturated heterocycles. The fourth-order valence-corrected chi connectivity index (χ4v) is 5.05. The van der Waals surface area contributed by atoms with E-state index in [1.54, 1.807) is 0 Å². The molecule has 0 radical (unpaired) electrons. The summed E-state index contributed by atoms with van der Waals surface area (Å²) in [4.78, 5) is 14.2. The Labute approximate surface area is 162 Å². The summed E-state index contributed by atoms with van der Waals surface area (Å²) in [6, 6.07) is 3.86. The van der Waals surface area contributed by atoms with E-state index in [1.165, 1.54) is 0 Å². The molecule has 0 bridgehead atoms. The number of carbonyl (C=O) groups excluding carboxylic acids is 1. The number of carbonyl (C=O) groups is 1. The molecule has 3 aliphatic heterocycles. The van der Waals surface area contributed by atoms with Crippen molar-refractivity contribution in [3.05, 3.63) is 28.9 Å². The Bertz CT molecular complexity index is 904. The minimum atomic E-state index is -0.653. The van der Waals surface area contributed by atoms with Crippen LogP contribution in [0.1, 0.15) is 31.4 Å². The molecule has 2 N–H and O–H groups in total. The molecule has 2 aromatic rings. The van der Waals surface area contributed by atoms with Gasteiger partial charge in [0.2, 0.25) is 0 Å². The summed E-state index contributed by atoms with van der Waals surface area (Å²) in [5.41, 5.74) is 1.29. The maximum Gasteiger partial charge on any atom is 0.317 e. The summed E-state index contributed by atoms with van der Waals surface area (Å²) in [6.07, 6.45) is 2.81. The largest absolute Gasteiger partial charge is 0.386 e. The Hall–Kier alpha value is -1.83. The molecular weight excluding hydrogens is 368 g/mol. The lowest BCUT2D eigenvalue weighted by Gasteiger charge is -2.43. The molecule has 0 spiro atoms. The van der Waals surface area contributed by atoms with E-state index in [0.29, 0.717) is 31.3 Å². The molecule has 3 aliphatic rings. The lowest BCUT2D eigenvalue weighted by Crippen LogP contribution is -2.55. The fraction of sp³-hybridized carbons (Fsp3) is 0.579. The van der Waals surface area contributed by atoms with E-state index >= 15 is 0 Å². The van der Waals surface area contributed by atoms with Gasteiger partial charge in [0, 0.05) is 29.1 Å². The highest BCUT2D eigenvalue weighted by Crippen LogP contribution is 2.51. The van der Waals surface area contributed by atoms with Crippen LogP contribution in [0.15, 0.2) is 18.3 Å². The number of ether oxygens (including phenoxy) is 1. The number of piperidine rings is 1.